The summed E-state index contributed by atoms with van der Waals surface area (Å²) in [5.41, 5.74) is 3.16. The van der Waals surface area contributed by atoms with Crippen LogP contribution in [0.1, 0.15) is 43.1 Å². The van der Waals surface area contributed by atoms with Gasteiger partial charge in [-0.25, -0.2) is 0 Å². The van der Waals surface area contributed by atoms with E-state index in [-0.39, 0.29) is 12.0 Å². The van der Waals surface area contributed by atoms with Crippen LogP contribution in [0.15, 0.2) is 36.4 Å². The minimum atomic E-state index is -0.609. The maximum atomic E-state index is 10.2. The van der Waals surface area contributed by atoms with Gasteiger partial charge in [0, 0.05) is 6.54 Å². The maximum Gasteiger partial charge on any atom is 0.160 e. The summed E-state index contributed by atoms with van der Waals surface area (Å²) in [7, 11) is 3.25. The van der Waals surface area contributed by atoms with Crippen LogP contribution in [0.2, 0.25) is 0 Å². The minimum Gasteiger partial charge on any atom is -0.493 e. The van der Waals surface area contributed by atoms with Crippen LogP contribution in [-0.4, -0.2) is 50.2 Å². The summed E-state index contributed by atoms with van der Waals surface area (Å²) in [5.74, 6) is 2.15. The van der Waals surface area contributed by atoms with E-state index in [9.17, 15) is 10.2 Å². The van der Waals surface area contributed by atoms with Gasteiger partial charge in [-0.3, -0.25) is 0 Å². The van der Waals surface area contributed by atoms with Crippen molar-refractivity contribution in [2.75, 3.05) is 33.9 Å². The van der Waals surface area contributed by atoms with Gasteiger partial charge in [0.05, 0.1) is 20.3 Å². The van der Waals surface area contributed by atoms with Crippen LogP contribution in [0.25, 0.3) is 0 Å². The van der Waals surface area contributed by atoms with Crippen LogP contribution in [0.4, 0.5) is 0 Å². The van der Waals surface area contributed by atoms with Crippen molar-refractivity contribution in [2.24, 2.45) is 0 Å². The van der Waals surface area contributed by atoms with Gasteiger partial charge in [0.15, 0.2) is 11.5 Å². The monoisotopic (exact) mass is 415 g/mol. The van der Waals surface area contributed by atoms with Crippen molar-refractivity contribution in [3.05, 3.63) is 53.1 Å². The lowest BCUT2D eigenvalue weighted by atomic mass is 9.86. The summed E-state index contributed by atoms with van der Waals surface area (Å²) in [5, 5.41) is 23.7. The molecule has 2 unspecified atom stereocenters. The molecule has 3 N–H and O–H groups in total. The third-order valence-electron chi connectivity index (χ3n) is 5.68. The van der Waals surface area contributed by atoms with Gasteiger partial charge in [0.2, 0.25) is 0 Å². The number of aliphatic hydroxyl groups is 2. The van der Waals surface area contributed by atoms with E-state index >= 15 is 0 Å². The number of hydrogen-bond acceptors (Lipinski definition) is 6. The molecule has 0 heterocycles. The molecule has 6 heteroatoms. The first-order valence-corrected chi connectivity index (χ1v) is 10.4. The Morgan fingerprint density at radius 1 is 1.10 bits per heavy atom. The van der Waals surface area contributed by atoms with Crippen molar-refractivity contribution in [3.8, 4) is 17.2 Å². The highest BCUT2D eigenvalue weighted by Crippen LogP contribution is 2.45. The zero-order valence-corrected chi connectivity index (χ0v) is 18.3. The van der Waals surface area contributed by atoms with Gasteiger partial charge in [0.1, 0.15) is 18.5 Å². The van der Waals surface area contributed by atoms with Crippen molar-refractivity contribution in [1.82, 2.24) is 5.32 Å². The normalized spacial score (nSPS) is 18.0. The molecule has 164 valence electrons. The standard InChI is InChI=1S/C24H33NO5/c1-24(2)13-21(27)19-7-6-18(12-20(19)24)30-15-17(26)14-25-10-9-16-5-8-22(28-3)23(11-16)29-4/h5-8,11-12,17,21,25-27H,9-10,13-15H2,1-4H3. The Morgan fingerprint density at radius 2 is 1.87 bits per heavy atom. The Bertz CT molecular complexity index is 851. The smallest absolute Gasteiger partial charge is 0.160 e. The quantitative estimate of drug-likeness (QED) is 0.518. The van der Waals surface area contributed by atoms with Gasteiger partial charge in [-0.15, -0.1) is 0 Å². The third-order valence-corrected chi connectivity index (χ3v) is 5.68. The highest BCUT2D eigenvalue weighted by Gasteiger charge is 2.36. The number of fused-ring (bicyclic) bond motifs is 1. The van der Waals surface area contributed by atoms with Gasteiger partial charge in [-0.2, -0.15) is 0 Å². The number of aliphatic hydroxyl groups excluding tert-OH is 2. The van der Waals surface area contributed by atoms with Crippen molar-refractivity contribution >= 4 is 0 Å². The first kappa shape index (κ1) is 22.4. The van der Waals surface area contributed by atoms with Gasteiger partial charge < -0.3 is 29.7 Å². The molecule has 30 heavy (non-hydrogen) atoms. The summed E-state index contributed by atoms with van der Waals surface area (Å²) in [6.45, 7) is 5.65. The number of methoxy groups -OCH3 is 2. The van der Waals surface area contributed by atoms with Crippen molar-refractivity contribution in [1.29, 1.82) is 0 Å². The lowest BCUT2D eigenvalue weighted by molar-refractivity contribution is 0.106. The van der Waals surface area contributed by atoms with E-state index in [1.54, 1.807) is 14.2 Å². The predicted octanol–water partition coefficient (Wildman–Crippen LogP) is 2.99. The molecule has 0 spiro atoms. The molecule has 0 bridgehead atoms. The Balaban J connectivity index is 1.42. The summed E-state index contributed by atoms with van der Waals surface area (Å²) in [6.07, 6.45) is 0.515. The average molecular weight is 416 g/mol. The molecule has 0 aromatic heterocycles. The predicted molar refractivity (Wildman–Crippen MR) is 117 cm³/mol. The van der Waals surface area contributed by atoms with Crippen LogP contribution in [0.3, 0.4) is 0 Å². The molecule has 3 rings (SSSR count). The molecule has 0 saturated heterocycles. The van der Waals surface area contributed by atoms with E-state index in [0.717, 1.165) is 41.8 Å². The Morgan fingerprint density at radius 3 is 2.60 bits per heavy atom. The second-order valence-corrected chi connectivity index (χ2v) is 8.46. The number of nitrogens with one attached hydrogen (secondary N) is 1. The fourth-order valence-corrected chi connectivity index (χ4v) is 3.99. The van der Waals surface area contributed by atoms with Crippen molar-refractivity contribution < 1.29 is 24.4 Å². The van der Waals surface area contributed by atoms with Crippen LogP contribution in [0, 0.1) is 0 Å². The molecule has 0 radical (unpaired) electrons. The molecule has 1 aliphatic carbocycles. The molecule has 0 fully saturated rings. The van der Waals surface area contributed by atoms with Crippen LogP contribution < -0.4 is 19.5 Å². The molecule has 0 saturated carbocycles. The molecule has 2 aromatic carbocycles. The first-order valence-electron chi connectivity index (χ1n) is 10.4. The highest BCUT2D eigenvalue weighted by atomic mass is 16.5. The largest absolute Gasteiger partial charge is 0.493 e. The molecular weight excluding hydrogens is 382 g/mol. The van der Waals surface area contributed by atoms with Crippen molar-refractivity contribution in [3.63, 3.8) is 0 Å². The van der Waals surface area contributed by atoms with Gasteiger partial charge in [0.25, 0.3) is 0 Å². The second kappa shape index (κ2) is 9.69. The third kappa shape index (κ3) is 5.25. The Labute approximate surface area is 178 Å². The molecule has 2 aromatic rings. The van der Waals surface area contributed by atoms with Crippen molar-refractivity contribution in [2.45, 2.75) is 44.3 Å². The highest BCUT2D eigenvalue weighted by molar-refractivity contribution is 5.45. The molecule has 1 aliphatic rings. The van der Waals surface area contributed by atoms with E-state index in [0.29, 0.717) is 18.0 Å². The first-order chi connectivity index (χ1) is 14.3. The van der Waals surface area contributed by atoms with Gasteiger partial charge in [-0.1, -0.05) is 26.0 Å². The molecule has 0 aliphatic heterocycles. The number of benzene rings is 2. The summed E-state index contributed by atoms with van der Waals surface area (Å²) < 4.78 is 16.4. The lowest BCUT2D eigenvalue weighted by Crippen LogP contribution is -2.32. The Hall–Kier alpha value is -2.28. The fraction of sp³-hybridized carbons (Fsp3) is 0.500. The van der Waals surface area contributed by atoms with Crippen LogP contribution in [0.5, 0.6) is 17.2 Å². The topological polar surface area (TPSA) is 80.2 Å². The zero-order valence-electron chi connectivity index (χ0n) is 18.3. The average Bonchev–Trinajstić information content (AvgIpc) is 2.97. The number of ether oxygens (including phenoxy) is 3. The zero-order chi connectivity index (χ0) is 21.7. The second-order valence-electron chi connectivity index (χ2n) is 8.46. The molecule has 2 atom stereocenters. The lowest BCUT2D eigenvalue weighted by Gasteiger charge is -2.20. The number of rotatable bonds is 10. The molecule has 0 amide bonds. The van der Waals surface area contributed by atoms with Gasteiger partial charge in [-0.05, 0) is 65.8 Å². The van der Waals surface area contributed by atoms with E-state index in [1.807, 2.05) is 36.4 Å². The van der Waals surface area contributed by atoms with Crippen LogP contribution in [-0.2, 0) is 11.8 Å². The summed E-state index contributed by atoms with van der Waals surface area (Å²) in [4.78, 5) is 0. The van der Waals surface area contributed by atoms with E-state index in [2.05, 4.69) is 19.2 Å². The number of hydrogen-bond donors (Lipinski definition) is 3. The summed E-state index contributed by atoms with van der Waals surface area (Å²) >= 11 is 0. The van der Waals surface area contributed by atoms with E-state index < -0.39 is 12.2 Å². The maximum absolute atomic E-state index is 10.2. The molecular formula is C24H33NO5. The summed E-state index contributed by atoms with van der Waals surface area (Å²) in [6, 6.07) is 11.6. The van der Waals surface area contributed by atoms with Gasteiger partial charge >= 0.3 is 0 Å². The SMILES string of the molecule is COc1ccc(CCNCC(O)COc2ccc3c(c2)C(C)(C)CC3O)cc1OC. The minimum absolute atomic E-state index is 0.0710. The van der Waals surface area contributed by atoms with E-state index in [4.69, 9.17) is 14.2 Å². The van der Waals surface area contributed by atoms with E-state index in [1.165, 1.54) is 0 Å². The fourth-order valence-electron chi connectivity index (χ4n) is 3.99. The Kier molecular flexibility index (Phi) is 7.23. The van der Waals surface area contributed by atoms with Crippen LogP contribution >= 0.6 is 0 Å². The molecule has 6 nitrogen and oxygen atoms in total.